The maximum Gasteiger partial charge on any atom is 0.522 e. The van der Waals surface area contributed by atoms with Crippen LogP contribution in [0.5, 0.6) is 0 Å². The zero-order valence-electron chi connectivity index (χ0n) is 10.7. The molecule has 0 spiro atoms. The summed E-state index contributed by atoms with van der Waals surface area (Å²) < 4.78 is 41.2. The Balaban J connectivity index is 1.60. The monoisotopic (exact) mass is 300 g/mol. The number of nitrogens with zero attached hydrogens (tertiary/aromatic N) is 3. The lowest BCUT2D eigenvalue weighted by Crippen LogP contribution is -2.49. The van der Waals surface area contributed by atoms with Gasteiger partial charge in [-0.25, -0.2) is 9.50 Å². The summed E-state index contributed by atoms with van der Waals surface area (Å²) in [4.78, 5) is 16.1. The molecule has 2 aromatic rings. The van der Waals surface area contributed by atoms with Gasteiger partial charge in [-0.3, -0.25) is 9.53 Å². The molecule has 1 aliphatic carbocycles. The zero-order valence-corrected chi connectivity index (χ0v) is 10.7. The van der Waals surface area contributed by atoms with Crippen LogP contribution in [0.25, 0.3) is 5.65 Å². The van der Waals surface area contributed by atoms with Crippen LogP contribution in [0, 0.1) is 0 Å². The average molecular weight is 300 g/mol. The Labute approximate surface area is 116 Å². The van der Waals surface area contributed by atoms with Gasteiger partial charge in [0.25, 0.3) is 5.91 Å². The van der Waals surface area contributed by atoms with Gasteiger partial charge in [-0.05, 0) is 18.9 Å². The molecular weight excluding hydrogens is 289 g/mol. The van der Waals surface area contributed by atoms with Crippen molar-refractivity contribution in [2.45, 2.75) is 31.3 Å². The minimum absolute atomic E-state index is 0.137. The van der Waals surface area contributed by atoms with Crippen LogP contribution in [0.3, 0.4) is 0 Å². The van der Waals surface area contributed by atoms with Gasteiger partial charge in [0.15, 0.2) is 5.65 Å². The van der Waals surface area contributed by atoms with Crippen molar-refractivity contribution in [3.05, 3.63) is 30.2 Å². The minimum atomic E-state index is -4.63. The van der Waals surface area contributed by atoms with E-state index in [9.17, 15) is 18.0 Å². The Morgan fingerprint density at radius 1 is 1.33 bits per heavy atom. The van der Waals surface area contributed by atoms with E-state index < -0.39 is 18.4 Å². The minimum Gasteiger partial charge on any atom is -0.348 e. The van der Waals surface area contributed by atoms with Crippen molar-refractivity contribution in [2.75, 3.05) is 0 Å². The van der Waals surface area contributed by atoms with Crippen LogP contribution in [0.15, 0.2) is 24.5 Å². The SMILES string of the molecule is O=C(NC1CC(OC(F)(F)F)C1)c1ccnc2ccnn12. The van der Waals surface area contributed by atoms with Crippen LogP contribution in [-0.4, -0.2) is 39.0 Å². The number of halogens is 3. The molecule has 112 valence electrons. The molecule has 0 saturated heterocycles. The van der Waals surface area contributed by atoms with Crippen molar-refractivity contribution in [2.24, 2.45) is 0 Å². The Morgan fingerprint density at radius 3 is 2.81 bits per heavy atom. The Hall–Kier alpha value is -2.16. The van der Waals surface area contributed by atoms with Crippen molar-refractivity contribution in [1.29, 1.82) is 0 Å². The highest BCUT2D eigenvalue weighted by atomic mass is 19.4. The van der Waals surface area contributed by atoms with Crippen molar-refractivity contribution >= 4 is 11.6 Å². The smallest absolute Gasteiger partial charge is 0.348 e. The molecular formula is C12H11F3N4O2. The highest BCUT2D eigenvalue weighted by Crippen LogP contribution is 2.30. The maximum absolute atomic E-state index is 12.1. The van der Waals surface area contributed by atoms with Crippen molar-refractivity contribution in [3.8, 4) is 0 Å². The van der Waals surface area contributed by atoms with Gasteiger partial charge in [0.2, 0.25) is 0 Å². The summed E-state index contributed by atoms with van der Waals surface area (Å²) in [5.41, 5.74) is 0.805. The molecule has 2 aromatic heterocycles. The number of ether oxygens (including phenoxy) is 1. The van der Waals surface area contributed by atoms with Crippen molar-refractivity contribution < 1.29 is 22.7 Å². The van der Waals surface area contributed by atoms with Gasteiger partial charge in [0.05, 0.1) is 12.3 Å². The fraction of sp³-hybridized carbons (Fsp3) is 0.417. The fourth-order valence-electron chi connectivity index (χ4n) is 2.23. The molecule has 0 bridgehead atoms. The average Bonchev–Trinajstić information content (AvgIpc) is 2.82. The van der Waals surface area contributed by atoms with Crippen molar-refractivity contribution in [3.63, 3.8) is 0 Å². The first-order valence-electron chi connectivity index (χ1n) is 6.26. The van der Waals surface area contributed by atoms with Gasteiger partial charge in [-0.15, -0.1) is 13.2 Å². The first-order chi connectivity index (χ1) is 9.92. The molecule has 1 N–H and O–H groups in total. The molecule has 0 radical (unpaired) electrons. The molecule has 0 aromatic carbocycles. The Bertz CT molecular complexity index is 664. The summed E-state index contributed by atoms with van der Waals surface area (Å²) in [5.74, 6) is -0.401. The highest BCUT2D eigenvalue weighted by molar-refractivity contribution is 5.93. The maximum atomic E-state index is 12.1. The largest absolute Gasteiger partial charge is 0.522 e. The summed E-state index contributed by atoms with van der Waals surface area (Å²) in [6.45, 7) is 0. The summed E-state index contributed by atoms with van der Waals surface area (Å²) in [6.07, 6.45) is -2.27. The molecule has 1 amide bonds. The van der Waals surface area contributed by atoms with E-state index in [0.29, 0.717) is 5.65 Å². The van der Waals surface area contributed by atoms with Crippen LogP contribution < -0.4 is 5.32 Å². The second kappa shape index (κ2) is 4.99. The van der Waals surface area contributed by atoms with Gasteiger partial charge in [-0.1, -0.05) is 0 Å². The van der Waals surface area contributed by atoms with Gasteiger partial charge >= 0.3 is 6.36 Å². The van der Waals surface area contributed by atoms with Crippen LogP contribution in [-0.2, 0) is 4.74 Å². The third kappa shape index (κ3) is 2.97. The van der Waals surface area contributed by atoms with Crippen LogP contribution in [0.2, 0.25) is 0 Å². The third-order valence-electron chi connectivity index (χ3n) is 3.25. The van der Waals surface area contributed by atoms with E-state index in [1.165, 1.54) is 23.0 Å². The predicted molar refractivity (Wildman–Crippen MR) is 64.4 cm³/mol. The zero-order chi connectivity index (χ0) is 15.0. The first kappa shape index (κ1) is 13.8. The van der Waals surface area contributed by atoms with E-state index in [-0.39, 0.29) is 24.6 Å². The van der Waals surface area contributed by atoms with Gasteiger partial charge in [-0.2, -0.15) is 5.10 Å². The summed E-state index contributed by atoms with van der Waals surface area (Å²) >= 11 is 0. The molecule has 6 nitrogen and oxygen atoms in total. The first-order valence-corrected chi connectivity index (χ1v) is 6.26. The number of carbonyl (C=O) groups is 1. The lowest BCUT2D eigenvalue weighted by Gasteiger charge is -2.35. The number of rotatable bonds is 3. The molecule has 3 rings (SSSR count). The van der Waals surface area contributed by atoms with Gasteiger partial charge in [0.1, 0.15) is 5.69 Å². The molecule has 21 heavy (non-hydrogen) atoms. The lowest BCUT2D eigenvalue weighted by atomic mass is 9.89. The Morgan fingerprint density at radius 2 is 2.10 bits per heavy atom. The number of fused-ring (bicyclic) bond motifs is 1. The fourth-order valence-corrected chi connectivity index (χ4v) is 2.23. The van der Waals surface area contributed by atoms with E-state index in [1.54, 1.807) is 6.07 Å². The van der Waals surface area contributed by atoms with E-state index >= 15 is 0 Å². The highest BCUT2D eigenvalue weighted by Gasteiger charge is 2.40. The summed E-state index contributed by atoms with van der Waals surface area (Å²) in [7, 11) is 0. The van der Waals surface area contributed by atoms with E-state index in [0.717, 1.165) is 0 Å². The van der Waals surface area contributed by atoms with Crippen LogP contribution in [0.4, 0.5) is 13.2 Å². The number of hydrogen-bond donors (Lipinski definition) is 1. The molecule has 1 saturated carbocycles. The number of nitrogens with one attached hydrogen (secondary N) is 1. The lowest BCUT2D eigenvalue weighted by molar-refractivity contribution is -0.351. The summed E-state index contributed by atoms with van der Waals surface area (Å²) in [6, 6.07) is 2.81. The van der Waals surface area contributed by atoms with Crippen LogP contribution in [0.1, 0.15) is 23.3 Å². The molecule has 2 heterocycles. The number of alkyl halides is 3. The second-order valence-corrected chi connectivity index (χ2v) is 4.76. The normalized spacial score (nSPS) is 22.0. The number of aromatic nitrogens is 3. The topological polar surface area (TPSA) is 68.5 Å². The summed E-state index contributed by atoms with van der Waals surface area (Å²) in [5, 5.41) is 6.63. The second-order valence-electron chi connectivity index (χ2n) is 4.76. The number of amides is 1. The number of carbonyl (C=O) groups excluding carboxylic acids is 1. The third-order valence-corrected chi connectivity index (χ3v) is 3.25. The Kier molecular flexibility index (Phi) is 3.28. The number of hydrogen-bond acceptors (Lipinski definition) is 4. The molecule has 0 unspecified atom stereocenters. The predicted octanol–water partition coefficient (Wildman–Crippen LogP) is 1.53. The van der Waals surface area contributed by atoms with E-state index in [2.05, 4.69) is 20.1 Å². The molecule has 1 fully saturated rings. The molecule has 0 aliphatic heterocycles. The van der Waals surface area contributed by atoms with Gasteiger partial charge in [0, 0.05) is 18.3 Å². The van der Waals surface area contributed by atoms with Crippen molar-refractivity contribution in [1.82, 2.24) is 19.9 Å². The molecule has 9 heteroatoms. The quantitative estimate of drug-likeness (QED) is 0.933. The van der Waals surface area contributed by atoms with E-state index in [1.807, 2.05) is 0 Å². The molecule has 0 atom stereocenters. The molecule has 1 aliphatic rings. The van der Waals surface area contributed by atoms with E-state index in [4.69, 9.17) is 0 Å². The standard InChI is InChI=1S/C12H11F3N4O2/c13-12(14,15)21-8-5-7(6-8)18-11(20)9-1-3-16-10-2-4-17-19(9)10/h1-4,7-8H,5-6H2,(H,18,20). The van der Waals surface area contributed by atoms with Crippen LogP contribution >= 0.6 is 0 Å². The van der Waals surface area contributed by atoms with Gasteiger partial charge < -0.3 is 5.32 Å².